The van der Waals surface area contributed by atoms with Gasteiger partial charge in [-0.1, -0.05) is 90.4 Å². The Balaban J connectivity index is 1.54. The monoisotopic (exact) mass is 610 g/mol. The summed E-state index contributed by atoms with van der Waals surface area (Å²) in [6.45, 7) is 1.96. The molecule has 7 N–H and O–H groups in total. The Morgan fingerprint density at radius 1 is 0.500 bits per heavy atom. The Morgan fingerprint density at radius 3 is 1.55 bits per heavy atom. The first-order valence-electron chi connectivity index (χ1n) is 16.1. The zero-order chi connectivity index (χ0) is 30.7. The minimum atomic E-state index is -1.71. The van der Waals surface area contributed by atoms with E-state index in [2.05, 4.69) is 6.92 Å². The van der Waals surface area contributed by atoms with Gasteiger partial charge in [0.1, 0.15) is 48.8 Å². The van der Waals surface area contributed by atoms with Gasteiger partial charge in [-0.25, -0.2) is 0 Å². The standard InChI is InChI=1S/C30H58O12/c1-2-3-4-5-6-7-8-9-10-11-12-13-14-15-16-38-17-18-39-29-27(37)25(35)28(22(20-32)41-29)42-30-26(36)24(34)23(33)21(19-31)40-30/h21-37H,2-20H2,1H3/t21-,22-,23-,24+,25-,26-,27-,28-,29+,30+/m1/s1. The van der Waals surface area contributed by atoms with E-state index in [-0.39, 0.29) is 13.2 Å². The fourth-order valence-electron chi connectivity index (χ4n) is 5.42. The molecule has 2 aliphatic rings. The zero-order valence-corrected chi connectivity index (χ0v) is 25.4. The lowest BCUT2D eigenvalue weighted by molar-refractivity contribution is -0.359. The second-order valence-corrected chi connectivity index (χ2v) is 11.6. The van der Waals surface area contributed by atoms with Gasteiger partial charge in [0.2, 0.25) is 0 Å². The number of hydrogen-bond donors (Lipinski definition) is 7. The summed E-state index contributed by atoms with van der Waals surface area (Å²) in [5.41, 5.74) is 0. The topological polar surface area (TPSA) is 188 Å². The van der Waals surface area contributed by atoms with E-state index in [9.17, 15) is 35.7 Å². The summed E-state index contributed by atoms with van der Waals surface area (Å²) in [5.74, 6) is 0. The minimum absolute atomic E-state index is 0.101. The van der Waals surface area contributed by atoms with E-state index in [1.54, 1.807) is 0 Å². The number of hydrogen-bond acceptors (Lipinski definition) is 12. The molecule has 0 aromatic heterocycles. The first-order chi connectivity index (χ1) is 20.3. The van der Waals surface area contributed by atoms with Crippen LogP contribution in [0.5, 0.6) is 0 Å². The second-order valence-electron chi connectivity index (χ2n) is 11.6. The molecule has 10 atom stereocenters. The lowest BCUT2D eigenvalue weighted by atomic mass is 9.97. The quantitative estimate of drug-likeness (QED) is 0.0819. The van der Waals surface area contributed by atoms with Crippen molar-refractivity contribution in [1.29, 1.82) is 0 Å². The van der Waals surface area contributed by atoms with Crippen LogP contribution in [0.25, 0.3) is 0 Å². The predicted molar refractivity (Wildman–Crippen MR) is 153 cm³/mol. The highest BCUT2D eigenvalue weighted by Gasteiger charge is 2.50. The molecular formula is C30H58O12. The van der Waals surface area contributed by atoms with Gasteiger partial charge in [0.15, 0.2) is 12.6 Å². The Kier molecular flexibility index (Phi) is 19.8. The summed E-state index contributed by atoms with van der Waals surface area (Å²) >= 11 is 0. The minimum Gasteiger partial charge on any atom is -0.394 e. The van der Waals surface area contributed by atoms with Crippen molar-refractivity contribution < 1.29 is 59.4 Å². The Hall–Kier alpha value is -0.480. The normalized spacial score (nSPS) is 33.7. The first kappa shape index (κ1) is 37.7. The van der Waals surface area contributed by atoms with E-state index in [0.717, 1.165) is 12.8 Å². The maximum Gasteiger partial charge on any atom is 0.187 e. The molecule has 0 aliphatic carbocycles. The third kappa shape index (κ3) is 12.9. The fraction of sp³-hybridized carbons (Fsp3) is 1.00. The summed E-state index contributed by atoms with van der Waals surface area (Å²) in [4.78, 5) is 0. The number of aliphatic hydroxyl groups is 7. The number of rotatable bonds is 23. The van der Waals surface area contributed by atoms with E-state index >= 15 is 0 Å². The number of ether oxygens (including phenoxy) is 5. The molecule has 0 saturated carbocycles. The van der Waals surface area contributed by atoms with Crippen LogP contribution in [0.4, 0.5) is 0 Å². The van der Waals surface area contributed by atoms with Gasteiger partial charge in [0.25, 0.3) is 0 Å². The van der Waals surface area contributed by atoms with Crippen molar-refractivity contribution in [2.45, 2.75) is 158 Å². The molecule has 0 spiro atoms. The predicted octanol–water partition coefficient (Wildman–Crippen LogP) is 1.13. The molecule has 0 unspecified atom stereocenters. The largest absolute Gasteiger partial charge is 0.394 e. The van der Waals surface area contributed by atoms with Gasteiger partial charge in [0.05, 0.1) is 26.4 Å². The van der Waals surface area contributed by atoms with Crippen LogP contribution in [0.1, 0.15) is 96.8 Å². The molecule has 2 rings (SSSR count). The average Bonchev–Trinajstić information content (AvgIpc) is 2.99. The second kappa shape index (κ2) is 22.1. The van der Waals surface area contributed by atoms with E-state index in [1.807, 2.05) is 0 Å². The van der Waals surface area contributed by atoms with Gasteiger partial charge in [-0.3, -0.25) is 0 Å². The van der Waals surface area contributed by atoms with E-state index < -0.39 is 74.6 Å². The molecule has 2 heterocycles. The maximum absolute atomic E-state index is 10.6. The molecule has 0 amide bonds. The summed E-state index contributed by atoms with van der Waals surface area (Å²) in [5, 5.41) is 70.4. The molecule has 250 valence electrons. The average molecular weight is 611 g/mol. The van der Waals surface area contributed by atoms with Crippen molar-refractivity contribution in [3.63, 3.8) is 0 Å². The van der Waals surface area contributed by atoms with Crippen molar-refractivity contribution >= 4 is 0 Å². The third-order valence-corrected chi connectivity index (χ3v) is 8.11. The van der Waals surface area contributed by atoms with Crippen LogP contribution in [0.15, 0.2) is 0 Å². The fourth-order valence-corrected chi connectivity index (χ4v) is 5.42. The maximum atomic E-state index is 10.6. The molecular weight excluding hydrogens is 552 g/mol. The van der Waals surface area contributed by atoms with Crippen LogP contribution in [0, 0.1) is 0 Å². The van der Waals surface area contributed by atoms with Crippen LogP contribution in [-0.2, 0) is 23.7 Å². The molecule has 2 fully saturated rings. The van der Waals surface area contributed by atoms with Crippen molar-refractivity contribution in [2.75, 3.05) is 33.0 Å². The molecule has 0 aromatic carbocycles. The molecule has 0 bridgehead atoms. The van der Waals surface area contributed by atoms with Gasteiger partial charge < -0.3 is 59.4 Å². The van der Waals surface area contributed by atoms with Crippen molar-refractivity contribution in [2.24, 2.45) is 0 Å². The van der Waals surface area contributed by atoms with Crippen LogP contribution in [-0.4, -0.2) is 130 Å². The van der Waals surface area contributed by atoms with E-state index in [0.29, 0.717) is 6.61 Å². The van der Waals surface area contributed by atoms with Crippen molar-refractivity contribution in [3.8, 4) is 0 Å². The van der Waals surface area contributed by atoms with Gasteiger partial charge >= 0.3 is 0 Å². The van der Waals surface area contributed by atoms with Crippen molar-refractivity contribution in [3.05, 3.63) is 0 Å². The van der Waals surface area contributed by atoms with E-state index in [4.69, 9.17) is 23.7 Å². The van der Waals surface area contributed by atoms with Gasteiger partial charge in [-0.2, -0.15) is 0 Å². The molecule has 2 aliphatic heterocycles. The summed E-state index contributed by atoms with van der Waals surface area (Å²) in [6.07, 6.45) is 3.41. The Bertz CT molecular complexity index is 654. The number of unbranched alkanes of at least 4 members (excludes halogenated alkanes) is 13. The number of aliphatic hydroxyl groups excluding tert-OH is 7. The Labute approximate surface area is 250 Å². The molecule has 42 heavy (non-hydrogen) atoms. The van der Waals surface area contributed by atoms with Crippen LogP contribution in [0.2, 0.25) is 0 Å². The molecule has 0 radical (unpaired) electrons. The van der Waals surface area contributed by atoms with Crippen LogP contribution >= 0.6 is 0 Å². The third-order valence-electron chi connectivity index (χ3n) is 8.11. The molecule has 12 heteroatoms. The molecule has 12 nitrogen and oxygen atoms in total. The zero-order valence-electron chi connectivity index (χ0n) is 25.4. The lowest BCUT2D eigenvalue weighted by Crippen LogP contribution is -2.64. The SMILES string of the molecule is CCCCCCCCCCCCCCCCOCCO[C@H]1O[C@H](CO)[C@@H](O[C@@H]2O[C@H](CO)[C@@H](O)[C@H](O)[C@H]2O)[C@H](O)[C@H]1O. The summed E-state index contributed by atoms with van der Waals surface area (Å²) in [7, 11) is 0. The summed E-state index contributed by atoms with van der Waals surface area (Å²) in [6, 6.07) is 0. The van der Waals surface area contributed by atoms with Crippen LogP contribution < -0.4 is 0 Å². The summed E-state index contributed by atoms with van der Waals surface area (Å²) < 4.78 is 27.6. The van der Waals surface area contributed by atoms with E-state index in [1.165, 1.54) is 77.0 Å². The van der Waals surface area contributed by atoms with Gasteiger partial charge in [0, 0.05) is 6.61 Å². The van der Waals surface area contributed by atoms with Crippen molar-refractivity contribution in [1.82, 2.24) is 0 Å². The Morgan fingerprint density at radius 2 is 1.00 bits per heavy atom. The highest BCUT2D eigenvalue weighted by molar-refractivity contribution is 4.94. The van der Waals surface area contributed by atoms with Crippen LogP contribution in [0.3, 0.4) is 0 Å². The van der Waals surface area contributed by atoms with Gasteiger partial charge in [-0.15, -0.1) is 0 Å². The molecule has 2 saturated heterocycles. The highest BCUT2D eigenvalue weighted by Crippen LogP contribution is 2.29. The smallest absolute Gasteiger partial charge is 0.187 e. The molecule has 0 aromatic rings. The first-order valence-corrected chi connectivity index (χ1v) is 16.1. The highest BCUT2D eigenvalue weighted by atomic mass is 16.7. The lowest BCUT2D eigenvalue weighted by Gasteiger charge is -2.45. The van der Waals surface area contributed by atoms with Gasteiger partial charge in [-0.05, 0) is 6.42 Å².